The van der Waals surface area contributed by atoms with Gasteiger partial charge in [-0.15, -0.1) is 0 Å². The third kappa shape index (κ3) is 3.39. The lowest BCUT2D eigenvalue weighted by Crippen LogP contribution is -2.23. The number of nitrogens with zero attached hydrogens (tertiary/aromatic N) is 1. The van der Waals surface area contributed by atoms with E-state index in [1.165, 1.54) is 24.3 Å². The second-order valence-electron chi connectivity index (χ2n) is 4.96. The number of carbonyl (C=O) groups excluding carboxylic acids is 1. The summed E-state index contributed by atoms with van der Waals surface area (Å²) in [6, 6.07) is 10.9. The van der Waals surface area contributed by atoms with Crippen molar-refractivity contribution in [2.75, 3.05) is 13.2 Å². The van der Waals surface area contributed by atoms with Gasteiger partial charge >= 0.3 is 0 Å². The van der Waals surface area contributed by atoms with E-state index < -0.39 is 4.92 Å². The van der Waals surface area contributed by atoms with E-state index in [1.807, 2.05) is 18.2 Å². The van der Waals surface area contributed by atoms with Crippen molar-refractivity contribution in [3.05, 3.63) is 63.7 Å². The number of hydrogen-bond acceptors (Lipinski definition) is 5. The third-order valence-electron chi connectivity index (χ3n) is 3.40. The van der Waals surface area contributed by atoms with E-state index in [9.17, 15) is 14.9 Å². The molecule has 0 aliphatic carbocycles. The summed E-state index contributed by atoms with van der Waals surface area (Å²) >= 11 is 0. The molecule has 1 aliphatic heterocycles. The first-order chi connectivity index (χ1) is 11.1. The first kappa shape index (κ1) is 14.8. The molecule has 0 bridgehead atoms. The molecule has 1 aliphatic rings. The van der Waals surface area contributed by atoms with Crippen LogP contribution in [0.3, 0.4) is 0 Å². The van der Waals surface area contributed by atoms with Gasteiger partial charge in [0.05, 0.1) is 4.92 Å². The molecule has 3 rings (SSSR count). The molecule has 0 saturated heterocycles. The molecule has 0 atom stereocenters. The molecule has 0 spiro atoms. The Kier molecular flexibility index (Phi) is 4.09. The first-order valence-corrected chi connectivity index (χ1v) is 7.04. The van der Waals surface area contributed by atoms with E-state index in [1.54, 1.807) is 0 Å². The van der Waals surface area contributed by atoms with Crippen LogP contribution < -0.4 is 14.8 Å². The summed E-state index contributed by atoms with van der Waals surface area (Å²) < 4.78 is 10.9. The average Bonchev–Trinajstić information content (AvgIpc) is 2.59. The van der Waals surface area contributed by atoms with Gasteiger partial charge in [-0.25, -0.2) is 0 Å². The molecular weight excluding hydrogens is 300 g/mol. The van der Waals surface area contributed by atoms with E-state index >= 15 is 0 Å². The number of non-ortho nitro benzene ring substituents is 1. The number of hydrogen-bond donors (Lipinski definition) is 1. The highest BCUT2D eigenvalue weighted by Crippen LogP contribution is 2.30. The Labute approximate surface area is 132 Å². The smallest absolute Gasteiger partial charge is 0.269 e. The lowest BCUT2D eigenvalue weighted by atomic mass is 10.1. The lowest BCUT2D eigenvalue weighted by Gasteiger charge is -2.19. The zero-order valence-electron chi connectivity index (χ0n) is 12.2. The van der Waals surface area contributed by atoms with Crippen molar-refractivity contribution in [1.29, 1.82) is 0 Å². The Hall–Kier alpha value is -3.09. The Morgan fingerprint density at radius 1 is 1.09 bits per heavy atom. The van der Waals surface area contributed by atoms with Crippen LogP contribution in [0.2, 0.25) is 0 Å². The maximum absolute atomic E-state index is 12.1. The van der Waals surface area contributed by atoms with Crippen LogP contribution in [0.15, 0.2) is 42.5 Å². The van der Waals surface area contributed by atoms with Crippen LogP contribution in [0, 0.1) is 10.1 Å². The van der Waals surface area contributed by atoms with Gasteiger partial charge in [-0.2, -0.15) is 0 Å². The maximum Gasteiger partial charge on any atom is 0.269 e. The fourth-order valence-electron chi connectivity index (χ4n) is 2.22. The van der Waals surface area contributed by atoms with Crippen molar-refractivity contribution in [2.24, 2.45) is 0 Å². The lowest BCUT2D eigenvalue weighted by molar-refractivity contribution is -0.384. The Bertz CT molecular complexity index is 743. The van der Waals surface area contributed by atoms with Crippen LogP contribution in [-0.4, -0.2) is 24.0 Å². The molecule has 2 aromatic carbocycles. The zero-order valence-corrected chi connectivity index (χ0v) is 12.2. The van der Waals surface area contributed by atoms with Gasteiger partial charge in [-0.1, -0.05) is 6.07 Å². The SMILES string of the molecule is O=C(NCc1ccc2c(c1)OCCO2)c1ccc([N+](=O)[O-])cc1. The van der Waals surface area contributed by atoms with Gasteiger partial charge in [0.2, 0.25) is 0 Å². The number of nitro benzene ring substituents is 1. The third-order valence-corrected chi connectivity index (χ3v) is 3.40. The predicted octanol–water partition coefficient (Wildman–Crippen LogP) is 2.30. The molecule has 1 heterocycles. The second-order valence-corrected chi connectivity index (χ2v) is 4.96. The summed E-state index contributed by atoms with van der Waals surface area (Å²) in [4.78, 5) is 22.1. The molecular formula is C16H14N2O5. The van der Waals surface area contributed by atoms with Crippen molar-refractivity contribution in [1.82, 2.24) is 5.32 Å². The van der Waals surface area contributed by atoms with Crippen LogP contribution in [0.4, 0.5) is 5.69 Å². The Balaban J connectivity index is 1.63. The number of nitro groups is 1. The van der Waals surface area contributed by atoms with E-state index in [0.717, 1.165) is 5.56 Å². The standard InChI is InChI=1S/C16H14N2O5/c19-16(12-2-4-13(5-3-12)18(20)21)17-10-11-1-6-14-15(9-11)23-8-7-22-14/h1-6,9H,7-8,10H2,(H,17,19). The molecule has 7 heteroatoms. The number of ether oxygens (including phenoxy) is 2. The largest absolute Gasteiger partial charge is 0.486 e. The number of nitrogens with one attached hydrogen (secondary N) is 1. The van der Waals surface area contributed by atoms with Crippen LogP contribution in [0.1, 0.15) is 15.9 Å². The highest BCUT2D eigenvalue weighted by atomic mass is 16.6. The van der Waals surface area contributed by atoms with Gasteiger partial charge in [-0.3, -0.25) is 14.9 Å². The topological polar surface area (TPSA) is 90.7 Å². The number of carbonyl (C=O) groups is 1. The highest BCUT2D eigenvalue weighted by molar-refractivity contribution is 5.94. The average molecular weight is 314 g/mol. The number of amides is 1. The van der Waals surface area contributed by atoms with Crippen molar-refractivity contribution in [2.45, 2.75) is 6.54 Å². The molecule has 23 heavy (non-hydrogen) atoms. The maximum atomic E-state index is 12.1. The highest BCUT2D eigenvalue weighted by Gasteiger charge is 2.13. The van der Waals surface area contributed by atoms with E-state index in [4.69, 9.17) is 9.47 Å². The zero-order chi connectivity index (χ0) is 16.2. The van der Waals surface area contributed by atoms with Crippen molar-refractivity contribution in [3.63, 3.8) is 0 Å². The van der Waals surface area contributed by atoms with Crippen LogP contribution in [0.5, 0.6) is 11.5 Å². The predicted molar refractivity (Wildman–Crippen MR) is 81.7 cm³/mol. The first-order valence-electron chi connectivity index (χ1n) is 7.04. The summed E-state index contributed by atoms with van der Waals surface area (Å²) in [6.45, 7) is 1.36. The quantitative estimate of drug-likeness (QED) is 0.690. The molecule has 0 fully saturated rings. The van der Waals surface area contributed by atoms with Crippen LogP contribution in [0.25, 0.3) is 0 Å². The molecule has 0 saturated carbocycles. The van der Waals surface area contributed by atoms with Gasteiger partial charge in [0.1, 0.15) is 13.2 Å². The molecule has 118 valence electrons. The monoisotopic (exact) mass is 314 g/mol. The van der Waals surface area contributed by atoms with E-state index in [-0.39, 0.29) is 11.6 Å². The summed E-state index contributed by atoms with van der Waals surface area (Å²) in [5, 5.41) is 13.4. The fraction of sp³-hybridized carbons (Fsp3) is 0.188. The van der Waals surface area contributed by atoms with Gasteiger partial charge in [0.25, 0.3) is 11.6 Å². The van der Waals surface area contributed by atoms with Crippen LogP contribution >= 0.6 is 0 Å². The summed E-state index contributed by atoms with van der Waals surface area (Å²) in [6.07, 6.45) is 0. The molecule has 0 radical (unpaired) electrons. The minimum absolute atomic E-state index is 0.0478. The minimum Gasteiger partial charge on any atom is -0.486 e. The van der Waals surface area contributed by atoms with Gasteiger partial charge < -0.3 is 14.8 Å². The van der Waals surface area contributed by atoms with E-state index in [2.05, 4.69) is 5.32 Å². The van der Waals surface area contributed by atoms with E-state index in [0.29, 0.717) is 36.8 Å². The molecule has 1 amide bonds. The molecule has 1 N–H and O–H groups in total. The second kappa shape index (κ2) is 6.35. The van der Waals surface area contributed by atoms with Crippen molar-refractivity contribution in [3.8, 4) is 11.5 Å². The molecule has 7 nitrogen and oxygen atoms in total. The van der Waals surface area contributed by atoms with Gasteiger partial charge in [-0.05, 0) is 29.8 Å². The summed E-state index contributed by atoms with van der Waals surface area (Å²) in [5.41, 5.74) is 1.20. The van der Waals surface area contributed by atoms with Gasteiger partial charge in [0.15, 0.2) is 11.5 Å². The normalized spacial score (nSPS) is 12.5. The number of rotatable bonds is 4. The fourth-order valence-corrected chi connectivity index (χ4v) is 2.22. The Morgan fingerprint density at radius 2 is 1.78 bits per heavy atom. The number of fused-ring (bicyclic) bond motifs is 1. The molecule has 2 aromatic rings. The van der Waals surface area contributed by atoms with Crippen LogP contribution in [-0.2, 0) is 6.54 Å². The minimum atomic E-state index is -0.503. The Morgan fingerprint density at radius 3 is 2.48 bits per heavy atom. The molecule has 0 aromatic heterocycles. The number of benzene rings is 2. The molecule has 0 unspecified atom stereocenters. The van der Waals surface area contributed by atoms with Gasteiger partial charge in [0, 0.05) is 24.2 Å². The summed E-state index contributed by atoms with van der Waals surface area (Å²) in [7, 11) is 0. The van der Waals surface area contributed by atoms with Crippen molar-refractivity contribution >= 4 is 11.6 Å². The summed E-state index contributed by atoms with van der Waals surface area (Å²) in [5.74, 6) is 1.06. The van der Waals surface area contributed by atoms with Crippen molar-refractivity contribution < 1.29 is 19.2 Å².